The lowest BCUT2D eigenvalue weighted by atomic mass is 9.64. The van der Waals surface area contributed by atoms with Crippen molar-refractivity contribution in [3.05, 3.63) is 29.8 Å². The molecule has 5 heteroatoms. The molecule has 1 aliphatic rings. The Morgan fingerprint density at radius 2 is 1.83 bits per heavy atom. The van der Waals surface area contributed by atoms with Gasteiger partial charge in [0.25, 0.3) is 0 Å². The summed E-state index contributed by atoms with van der Waals surface area (Å²) in [6.45, 7) is 6.60. The highest BCUT2D eigenvalue weighted by molar-refractivity contribution is 6.52. The first kappa shape index (κ1) is 19.4. The first-order valence-electron chi connectivity index (χ1n) is 8.39. The van der Waals surface area contributed by atoms with Crippen molar-refractivity contribution in [3.8, 4) is 5.75 Å². The van der Waals surface area contributed by atoms with Gasteiger partial charge in [-0.25, -0.2) is 4.79 Å². The highest BCUT2D eigenvalue weighted by Crippen LogP contribution is 2.44. The van der Waals surface area contributed by atoms with Crippen LogP contribution in [0.1, 0.15) is 45.6 Å². The molecular weight excluding hydrogens is 347 g/mol. The van der Waals surface area contributed by atoms with E-state index in [1.165, 1.54) is 5.56 Å². The van der Waals surface area contributed by atoms with Gasteiger partial charge >= 0.3 is 5.97 Å². The molecule has 1 saturated carbocycles. The number of halogens is 2. The standard InChI is InChI=1S/C19H26Cl2O3/c1-12-5-10-15(16(11-12)24-18(22)17(20)21)19(2,3)13-6-8-14(23-4)9-7-13/h6-9,12,15-17H,5,10-11H2,1-4H3/t12-,15-,16-/m1/s1. The molecule has 0 aliphatic heterocycles. The summed E-state index contributed by atoms with van der Waals surface area (Å²) in [5.74, 6) is 1.03. The topological polar surface area (TPSA) is 35.5 Å². The van der Waals surface area contributed by atoms with E-state index in [1.54, 1.807) is 7.11 Å². The molecule has 0 radical (unpaired) electrons. The van der Waals surface area contributed by atoms with E-state index in [4.69, 9.17) is 32.7 Å². The fraction of sp³-hybridized carbons (Fsp3) is 0.632. The van der Waals surface area contributed by atoms with Crippen LogP contribution in [0, 0.1) is 11.8 Å². The van der Waals surface area contributed by atoms with Crippen LogP contribution in [0.2, 0.25) is 0 Å². The van der Waals surface area contributed by atoms with E-state index >= 15 is 0 Å². The average molecular weight is 373 g/mol. The van der Waals surface area contributed by atoms with Crippen LogP contribution in [0.3, 0.4) is 0 Å². The van der Waals surface area contributed by atoms with Crippen molar-refractivity contribution in [2.75, 3.05) is 7.11 Å². The van der Waals surface area contributed by atoms with Crippen molar-refractivity contribution in [3.63, 3.8) is 0 Å². The number of alkyl halides is 2. The van der Waals surface area contributed by atoms with E-state index in [0.29, 0.717) is 5.92 Å². The molecular formula is C19H26Cl2O3. The molecule has 1 aromatic carbocycles. The highest BCUT2D eigenvalue weighted by atomic mass is 35.5. The normalized spacial score (nSPS) is 24.7. The number of hydrogen-bond donors (Lipinski definition) is 0. The lowest BCUT2D eigenvalue weighted by molar-refractivity contribution is -0.154. The van der Waals surface area contributed by atoms with Gasteiger partial charge in [-0.3, -0.25) is 0 Å². The molecule has 24 heavy (non-hydrogen) atoms. The zero-order chi connectivity index (χ0) is 17.9. The van der Waals surface area contributed by atoms with Gasteiger partial charge in [0.15, 0.2) is 0 Å². The summed E-state index contributed by atoms with van der Waals surface area (Å²) in [6, 6.07) is 8.11. The molecule has 3 nitrogen and oxygen atoms in total. The van der Waals surface area contributed by atoms with Gasteiger partial charge in [-0.1, -0.05) is 62.5 Å². The Bertz CT molecular complexity index is 554. The molecule has 2 rings (SSSR count). The van der Waals surface area contributed by atoms with Crippen LogP contribution in [-0.2, 0) is 14.9 Å². The van der Waals surface area contributed by atoms with E-state index in [1.807, 2.05) is 12.1 Å². The van der Waals surface area contributed by atoms with Crippen LogP contribution in [0.5, 0.6) is 5.75 Å². The van der Waals surface area contributed by atoms with Gasteiger partial charge in [0.2, 0.25) is 4.84 Å². The largest absolute Gasteiger partial charge is 0.497 e. The highest BCUT2D eigenvalue weighted by Gasteiger charge is 2.42. The number of carbonyl (C=O) groups is 1. The third-order valence-corrected chi connectivity index (χ3v) is 5.62. The number of hydrogen-bond acceptors (Lipinski definition) is 3. The second-order valence-electron chi connectivity index (χ2n) is 7.25. The Labute approximate surface area is 154 Å². The zero-order valence-electron chi connectivity index (χ0n) is 14.7. The second-order valence-corrected chi connectivity index (χ2v) is 8.35. The van der Waals surface area contributed by atoms with Crippen molar-refractivity contribution >= 4 is 29.2 Å². The molecule has 0 aromatic heterocycles. The summed E-state index contributed by atoms with van der Waals surface area (Å²) in [7, 11) is 1.66. The smallest absolute Gasteiger partial charge is 0.339 e. The maximum Gasteiger partial charge on any atom is 0.339 e. The van der Waals surface area contributed by atoms with Gasteiger partial charge in [-0.15, -0.1) is 0 Å². The summed E-state index contributed by atoms with van der Waals surface area (Å²) in [4.78, 5) is 10.8. The summed E-state index contributed by atoms with van der Waals surface area (Å²) in [5.41, 5.74) is 1.07. The number of methoxy groups -OCH3 is 1. The van der Waals surface area contributed by atoms with Gasteiger partial charge in [-0.2, -0.15) is 0 Å². The molecule has 0 bridgehead atoms. The van der Waals surface area contributed by atoms with E-state index < -0.39 is 10.8 Å². The third-order valence-electron chi connectivity index (χ3n) is 5.26. The SMILES string of the molecule is COc1ccc(C(C)(C)[C@@H]2CC[C@@H](C)C[C@H]2OC(=O)C(Cl)Cl)cc1. The van der Waals surface area contributed by atoms with E-state index in [-0.39, 0.29) is 17.4 Å². The van der Waals surface area contributed by atoms with Crippen LogP contribution in [0.25, 0.3) is 0 Å². The summed E-state index contributed by atoms with van der Waals surface area (Å²) in [5, 5.41) is 0. The average Bonchev–Trinajstić information content (AvgIpc) is 2.54. The maximum atomic E-state index is 11.9. The van der Waals surface area contributed by atoms with E-state index in [0.717, 1.165) is 25.0 Å². The van der Waals surface area contributed by atoms with E-state index in [2.05, 4.69) is 32.9 Å². The molecule has 3 atom stereocenters. The molecule has 1 aromatic rings. The predicted octanol–water partition coefficient (Wildman–Crippen LogP) is 5.12. The fourth-order valence-electron chi connectivity index (χ4n) is 3.72. The lowest BCUT2D eigenvalue weighted by Crippen LogP contribution is -2.44. The van der Waals surface area contributed by atoms with Gasteiger partial charge in [0.1, 0.15) is 11.9 Å². The Kier molecular flexibility index (Phi) is 6.44. The Balaban J connectivity index is 2.24. The minimum Gasteiger partial charge on any atom is -0.497 e. The molecule has 0 amide bonds. The Morgan fingerprint density at radius 1 is 1.21 bits per heavy atom. The van der Waals surface area contributed by atoms with Crippen molar-refractivity contribution in [1.29, 1.82) is 0 Å². The van der Waals surface area contributed by atoms with Gasteiger partial charge in [0, 0.05) is 5.92 Å². The fourth-order valence-corrected chi connectivity index (χ4v) is 3.82. The molecule has 0 saturated heterocycles. The van der Waals surface area contributed by atoms with Crippen molar-refractivity contribution < 1.29 is 14.3 Å². The minimum atomic E-state index is -1.13. The van der Waals surface area contributed by atoms with Gasteiger partial charge in [-0.05, 0) is 41.9 Å². The second kappa shape index (κ2) is 7.97. The summed E-state index contributed by atoms with van der Waals surface area (Å²) < 4.78 is 10.9. The van der Waals surface area contributed by atoms with Gasteiger partial charge < -0.3 is 9.47 Å². The molecule has 0 N–H and O–H groups in total. The van der Waals surface area contributed by atoms with Crippen LogP contribution < -0.4 is 4.74 Å². The van der Waals surface area contributed by atoms with Crippen molar-refractivity contribution in [1.82, 2.24) is 0 Å². The Morgan fingerprint density at radius 3 is 2.38 bits per heavy atom. The summed E-state index contributed by atoms with van der Waals surface area (Å²) >= 11 is 11.3. The molecule has 0 unspecified atom stereocenters. The zero-order valence-corrected chi connectivity index (χ0v) is 16.2. The maximum absolute atomic E-state index is 11.9. The lowest BCUT2D eigenvalue weighted by Gasteiger charge is -2.44. The first-order valence-corrected chi connectivity index (χ1v) is 9.26. The number of esters is 1. The number of benzene rings is 1. The van der Waals surface area contributed by atoms with Crippen molar-refractivity contribution in [2.45, 2.75) is 56.4 Å². The minimum absolute atomic E-state index is 0.133. The van der Waals surface area contributed by atoms with E-state index in [9.17, 15) is 4.79 Å². The Hall–Kier alpha value is -0.930. The predicted molar refractivity (Wildman–Crippen MR) is 97.9 cm³/mol. The van der Waals surface area contributed by atoms with Crippen molar-refractivity contribution in [2.24, 2.45) is 11.8 Å². The van der Waals surface area contributed by atoms with Crippen LogP contribution in [-0.4, -0.2) is 24.0 Å². The number of rotatable bonds is 5. The molecule has 1 aliphatic carbocycles. The quantitative estimate of drug-likeness (QED) is 0.531. The monoisotopic (exact) mass is 372 g/mol. The third kappa shape index (κ3) is 4.37. The van der Waals surface area contributed by atoms with Crippen LogP contribution >= 0.6 is 23.2 Å². The summed E-state index contributed by atoms with van der Waals surface area (Å²) in [6.07, 6.45) is 2.81. The molecule has 0 heterocycles. The molecule has 0 spiro atoms. The number of carbonyl (C=O) groups excluding carboxylic acids is 1. The number of ether oxygens (including phenoxy) is 2. The molecule has 1 fully saturated rings. The van der Waals surface area contributed by atoms with Crippen LogP contribution in [0.4, 0.5) is 0 Å². The van der Waals surface area contributed by atoms with Crippen LogP contribution in [0.15, 0.2) is 24.3 Å². The molecule has 134 valence electrons. The van der Waals surface area contributed by atoms with Gasteiger partial charge in [0.05, 0.1) is 7.11 Å². The first-order chi connectivity index (χ1) is 11.3.